The molecule has 0 unspecified atom stereocenters. The first kappa shape index (κ1) is 10.8. The molecule has 0 N–H and O–H groups in total. The van der Waals surface area contributed by atoms with Gasteiger partial charge in [0.25, 0.3) is 0 Å². The molecule has 0 radical (unpaired) electrons. The minimum Gasteiger partial charge on any atom is -0.294 e. The third-order valence-electron chi connectivity index (χ3n) is 2.83. The number of Topliss-reactive ketones (excluding diaryl/α,β-unsaturated/α-hetero) is 1. The fourth-order valence-electron chi connectivity index (χ4n) is 1.89. The van der Waals surface area contributed by atoms with Crippen LogP contribution < -0.4 is 0 Å². The van der Waals surface area contributed by atoms with Crippen LogP contribution in [0.25, 0.3) is 11.3 Å². The summed E-state index contributed by atoms with van der Waals surface area (Å²) in [7, 11) is 0. The molecule has 0 atom stereocenters. The zero-order valence-corrected chi connectivity index (χ0v) is 9.43. The molecular formula is C14H9FN2O. The summed E-state index contributed by atoms with van der Waals surface area (Å²) in [5, 5.41) is 0. The fourth-order valence-corrected chi connectivity index (χ4v) is 1.89. The molecule has 0 bridgehead atoms. The maximum Gasteiger partial charge on any atom is 0.170 e. The van der Waals surface area contributed by atoms with Gasteiger partial charge in [-0.2, -0.15) is 0 Å². The molecule has 0 fully saturated rings. The highest BCUT2D eigenvalue weighted by atomic mass is 19.1. The second-order valence-corrected chi connectivity index (χ2v) is 4.03. The van der Waals surface area contributed by atoms with E-state index in [1.807, 2.05) is 0 Å². The third-order valence-corrected chi connectivity index (χ3v) is 2.83. The minimum atomic E-state index is -0.294. The topological polar surface area (TPSA) is 42.3 Å². The summed E-state index contributed by atoms with van der Waals surface area (Å²) in [5.41, 5.74) is 2.60. The number of benzene rings is 1. The van der Waals surface area contributed by atoms with Gasteiger partial charge in [-0.1, -0.05) is 0 Å². The predicted octanol–water partition coefficient (Wildman–Crippen LogP) is 3.18. The summed E-state index contributed by atoms with van der Waals surface area (Å²) in [6.07, 6.45) is 3.48. The van der Waals surface area contributed by atoms with Crippen LogP contribution >= 0.6 is 0 Å². The molecular weight excluding hydrogens is 231 g/mol. The van der Waals surface area contributed by atoms with Crippen molar-refractivity contribution in [3.8, 4) is 11.3 Å². The first-order valence-corrected chi connectivity index (χ1v) is 5.56. The zero-order valence-electron chi connectivity index (χ0n) is 9.43. The van der Waals surface area contributed by atoms with Gasteiger partial charge in [-0.15, -0.1) is 0 Å². The third kappa shape index (κ3) is 1.82. The second kappa shape index (κ2) is 4.14. The summed E-state index contributed by atoms with van der Waals surface area (Å²) in [6.45, 7) is 0. The SMILES string of the molecule is O=C1CC=Nc2cnc(-c3ccc(F)cc3)cc21. The lowest BCUT2D eigenvalue weighted by molar-refractivity contribution is 0.100. The second-order valence-electron chi connectivity index (χ2n) is 4.03. The Morgan fingerprint density at radius 2 is 1.94 bits per heavy atom. The van der Waals surface area contributed by atoms with Gasteiger partial charge in [0, 0.05) is 23.8 Å². The highest BCUT2D eigenvalue weighted by Crippen LogP contribution is 2.27. The highest BCUT2D eigenvalue weighted by molar-refractivity contribution is 6.10. The number of carbonyl (C=O) groups excluding carboxylic acids is 1. The minimum absolute atomic E-state index is 0.0331. The maximum atomic E-state index is 12.8. The quantitative estimate of drug-likeness (QED) is 0.768. The van der Waals surface area contributed by atoms with Crippen molar-refractivity contribution in [2.24, 2.45) is 4.99 Å². The van der Waals surface area contributed by atoms with Crippen LogP contribution in [0, 0.1) is 5.82 Å². The van der Waals surface area contributed by atoms with Crippen LogP contribution in [0.15, 0.2) is 41.5 Å². The van der Waals surface area contributed by atoms with E-state index in [2.05, 4.69) is 9.98 Å². The summed E-state index contributed by atoms with van der Waals surface area (Å²) in [5.74, 6) is -0.261. The Kier molecular flexibility index (Phi) is 2.48. The van der Waals surface area contributed by atoms with Crippen LogP contribution in [0.1, 0.15) is 16.8 Å². The molecule has 0 saturated heterocycles. The van der Waals surface area contributed by atoms with Gasteiger partial charge in [-0.05, 0) is 30.3 Å². The number of halogens is 1. The summed E-state index contributed by atoms with van der Waals surface area (Å²) in [6, 6.07) is 7.73. The molecule has 4 heteroatoms. The van der Waals surface area contributed by atoms with Crippen molar-refractivity contribution in [3.63, 3.8) is 0 Å². The molecule has 0 saturated carbocycles. The molecule has 0 aliphatic carbocycles. The van der Waals surface area contributed by atoms with Gasteiger partial charge in [0.2, 0.25) is 0 Å². The van der Waals surface area contributed by atoms with Crippen LogP contribution in [-0.2, 0) is 0 Å². The van der Waals surface area contributed by atoms with Gasteiger partial charge >= 0.3 is 0 Å². The number of hydrogen-bond acceptors (Lipinski definition) is 3. The number of fused-ring (bicyclic) bond motifs is 1. The van der Waals surface area contributed by atoms with Gasteiger partial charge < -0.3 is 0 Å². The van der Waals surface area contributed by atoms with Gasteiger partial charge in [0.05, 0.1) is 17.6 Å². The molecule has 2 heterocycles. The van der Waals surface area contributed by atoms with Crippen LogP contribution in [0.4, 0.5) is 10.1 Å². The molecule has 1 aromatic carbocycles. The van der Waals surface area contributed by atoms with Crippen LogP contribution in [0.2, 0.25) is 0 Å². The molecule has 0 amide bonds. The van der Waals surface area contributed by atoms with Crippen molar-refractivity contribution in [1.29, 1.82) is 0 Å². The largest absolute Gasteiger partial charge is 0.294 e. The zero-order chi connectivity index (χ0) is 12.5. The van der Waals surface area contributed by atoms with Crippen molar-refractivity contribution in [1.82, 2.24) is 4.98 Å². The Labute approximate surface area is 103 Å². The normalized spacial score (nSPS) is 13.5. The van der Waals surface area contributed by atoms with E-state index in [9.17, 15) is 9.18 Å². The van der Waals surface area contributed by atoms with Gasteiger partial charge in [0.1, 0.15) is 5.82 Å². The molecule has 1 aliphatic rings. The number of carbonyl (C=O) groups is 1. The first-order valence-electron chi connectivity index (χ1n) is 5.56. The van der Waals surface area contributed by atoms with Crippen LogP contribution in [-0.4, -0.2) is 17.0 Å². The van der Waals surface area contributed by atoms with E-state index in [0.29, 0.717) is 23.4 Å². The lowest BCUT2D eigenvalue weighted by Gasteiger charge is -2.09. The number of aromatic nitrogens is 1. The Morgan fingerprint density at radius 3 is 2.72 bits per heavy atom. The Bertz CT molecular complexity index is 647. The van der Waals surface area contributed by atoms with E-state index in [1.54, 1.807) is 30.6 Å². The smallest absolute Gasteiger partial charge is 0.170 e. The number of aliphatic imine (C=N–C) groups is 1. The van der Waals surface area contributed by atoms with Gasteiger partial charge in [-0.25, -0.2) is 4.39 Å². The van der Waals surface area contributed by atoms with E-state index in [4.69, 9.17) is 0 Å². The van der Waals surface area contributed by atoms with E-state index in [-0.39, 0.29) is 11.6 Å². The van der Waals surface area contributed by atoms with E-state index in [0.717, 1.165) is 5.56 Å². The van der Waals surface area contributed by atoms with E-state index in [1.165, 1.54) is 12.1 Å². The number of rotatable bonds is 1. The maximum absolute atomic E-state index is 12.8. The van der Waals surface area contributed by atoms with E-state index >= 15 is 0 Å². The standard InChI is InChI=1S/C14H9FN2O/c15-10-3-1-9(2-4-10)12-7-11-13(8-17-12)16-6-5-14(11)18/h1-4,6-8H,5H2. The van der Waals surface area contributed by atoms with Gasteiger partial charge in [0.15, 0.2) is 5.78 Å². The van der Waals surface area contributed by atoms with Crippen LogP contribution in [0.3, 0.4) is 0 Å². The average Bonchev–Trinajstić information content (AvgIpc) is 2.40. The molecule has 3 rings (SSSR count). The first-order chi connectivity index (χ1) is 8.74. The summed E-state index contributed by atoms with van der Waals surface area (Å²) in [4.78, 5) is 20.1. The van der Waals surface area contributed by atoms with Crippen molar-refractivity contribution in [2.45, 2.75) is 6.42 Å². The number of hydrogen-bond donors (Lipinski definition) is 0. The highest BCUT2D eigenvalue weighted by Gasteiger charge is 2.15. The number of nitrogens with zero attached hydrogens (tertiary/aromatic N) is 2. The predicted molar refractivity (Wildman–Crippen MR) is 66.7 cm³/mol. The summed E-state index contributed by atoms with van der Waals surface area (Å²) >= 11 is 0. The molecule has 3 nitrogen and oxygen atoms in total. The Balaban J connectivity index is 2.09. The fraction of sp³-hybridized carbons (Fsp3) is 0.0714. The number of ketones is 1. The van der Waals surface area contributed by atoms with Crippen LogP contribution in [0.5, 0.6) is 0 Å². The van der Waals surface area contributed by atoms with Gasteiger partial charge in [-0.3, -0.25) is 14.8 Å². The van der Waals surface area contributed by atoms with Crippen molar-refractivity contribution < 1.29 is 9.18 Å². The molecule has 18 heavy (non-hydrogen) atoms. The summed E-state index contributed by atoms with van der Waals surface area (Å²) < 4.78 is 12.8. The van der Waals surface area contributed by atoms with Crippen molar-refractivity contribution in [3.05, 3.63) is 47.9 Å². The van der Waals surface area contributed by atoms with E-state index < -0.39 is 0 Å². The van der Waals surface area contributed by atoms with Crippen molar-refractivity contribution >= 4 is 17.7 Å². The van der Waals surface area contributed by atoms with Crippen molar-refractivity contribution in [2.75, 3.05) is 0 Å². The Hall–Kier alpha value is -2.36. The Morgan fingerprint density at radius 1 is 1.17 bits per heavy atom. The molecule has 1 aliphatic heterocycles. The average molecular weight is 240 g/mol. The lowest BCUT2D eigenvalue weighted by atomic mass is 10.0. The molecule has 2 aromatic rings. The molecule has 0 spiro atoms. The molecule has 88 valence electrons. The molecule has 1 aromatic heterocycles. The lowest BCUT2D eigenvalue weighted by Crippen LogP contribution is -2.05. The number of pyridine rings is 1. The monoisotopic (exact) mass is 240 g/mol.